The number of aryl methyl sites for hydroxylation is 1. The van der Waals surface area contributed by atoms with Gasteiger partial charge in [0.05, 0.1) is 24.7 Å². The lowest BCUT2D eigenvalue weighted by Gasteiger charge is -2.11. The van der Waals surface area contributed by atoms with Gasteiger partial charge in [-0.2, -0.15) is 15.0 Å². The first kappa shape index (κ1) is 18.0. The summed E-state index contributed by atoms with van der Waals surface area (Å²) in [6.45, 7) is 5.44. The lowest BCUT2D eigenvalue weighted by molar-refractivity contribution is 0.134. The van der Waals surface area contributed by atoms with Crippen molar-refractivity contribution in [3.8, 4) is 16.9 Å². The molecule has 6 nitrogen and oxygen atoms in total. The molecule has 0 radical (unpaired) electrons. The molecule has 28 heavy (non-hydrogen) atoms. The van der Waals surface area contributed by atoms with Gasteiger partial charge in [0.25, 0.3) is 0 Å². The normalized spacial score (nSPS) is 10.9. The molecule has 2 heterocycles. The van der Waals surface area contributed by atoms with E-state index in [1.54, 1.807) is 17.2 Å². The topological polar surface area (TPSA) is 67.8 Å². The zero-order valence-electron chi connectivity index (χ0n) is 16.0. The van der Waals surface area contributed by atoms with Crippen molar-refractivity contribution in [3.05, 3.63) is 78.1 Å². The van der Waals surface area contributed by atoms with Gasteiger partial charge in [-0.25, -0.2) is 0 Å². The largest absolute Gasteiger partial charge is 0.377 e. The summed E-state index contributed by atoms with van der Waals surface area (Å²) in [5.74, 6) is 0.949. The highest BCUT2D eigenvalue weighted by Gasteiger charge is 2.06. The van der Waals surface area contributed by atoms with E-state index in [9.17, 15) is 0 Å². The van der Waals surface area contributed by atoms with E-state index in [0.717, 1.165) is 34.0 Å². The highest BCUT2D eigenvalue weighted by molar-refractivity contribution is 5.68. The quantitative estimate of drug-likeness (QED) is 0.486. The van der Waals surface area contributed by atoms with E-state index >= 15 is 0 Å². The molecule has 0 unspecified atom stereocenters. The Labute approximate surface area is 164 Å². The van der Waals surface area contributed by atoms with Crippen LogP contribution in [0.4, 0.5) is 11.5 Å². The van der Waals surface area contributed by atoms with Crippen molar-refractivity contribution < 1.29 is 4.74 Å². The fraction of sp³-hybridized carbons (Fsp3) is 0.182. The average molecular weight is 373 g/mol. The molecular weight excluding hydrogens is 350 g/mol. The van der Waals surface area contributed by atoms with E-state index in [0.29, 0.717) is 13.2 Å². The highest BCUT2D eigenvalue weighted by atomic mass is 16.5. The number of aromatic amines is 1. The summed E-state index contributed by atoms with van der Waals surface area (Å²) in [6.07, 6.45) is 3.34. The van der Waals surface area contributed by atoms with Crippen molar-refractivity contribution in [2.24, 2.45) is 0 Å². The molecule has 0 aliphatic rings. The number of ether oxygens (including phenoxy) is 1. The second-order valence-corrected chi connectivity index (χ2v) is 6.56. The van der Waals surface area contributed by atoms with Gasteiger partial charge in [0.15, 0.2) is 0 Å². The molecule has 0 saturated carbocycles. The van der Waals surface area contributed by atoms with Gasteiger partial charge in [0, 0.05) is 18.0 Å². The fourth-order valence-electron chi connectivity index (χ4n) is 3.02. The van der Waals surface area contributed by atoms with Crippen LogP contribution in [0.15, 0.2) is 67.0 Å². The molecule has 4 aromatic rings. The maximum Gasteiger partial charge on any atom is 0.108 e. The van der Waals surface area contributed by atoms with Crippen molar-refractivity contribution in [3.63, 3.8) is 0 Å². The molecule has 0 atom stereocenters. The van der Waals surface area contributed by atoms with Crippen LogP contribution in [0.2, 0.25) is 0 Å². The minimum absolute atomic E-state index is 0.624. The highest BCUT2D eigenvalue weighted by Crippen LogP contribution is 2.26. The predicted octanol–water partition coefficient (Wildman–Crippen LogP) is 4.85. The minimum Gasteiger partial charge on any atom is -0.377 e. The second-order valence-electron chi connectivity index (χ2n) is 6.56. The molecule has 0 aliphatic carbocycles. The SMILES string of the molecule is CCOCc1ccc(C)c(Nc2ccc(-c3ccc(-n4nccn4)cc3)[nH]2)c1. The predicted molar refractivity (Wildman–Crippen MR) is 111 cm³/mol. The van der Waals surface area contributed by atoms with Crippen LogP contribution in [0.3, 0.4) is 0 Å². The lowest BCUT2D eigenvalue weighted by Crippen LogP contribution is -1.98. The molecule has 0 fully saturated rings. The summed E-state index contributed by atoms with van der Waals surface area (Å²) in [5, 5.41) is 11.8. The molecule has 2 N–H and O–H groups in total. The number of anilines is 2. The number of nitrogens with one attached hydrogen (secondary N) is 2. The van der Waals surface area contributed by atoms with E-state index in [2.05, 4.69) is 63.8 Å². The molecule has 142 valence electrons. The van der Waals surface area contributed by atoms with Crippen molar-refractivity contribution >= 4 is 11.5 Å². The third-order valence-corrected chi connectivity index (χ3v) is 4.56. The van der Waals surface area contributed by atoms with Gasteiger partial charge >= 0.3 is 0 Å². The van der Waals surface area contributed by atoms with Crippen LogP contribution in [-0.4, -0.2) is 26.6 Å². The van der Waals surface area contributed by atoms with Crippen molar-refractivity contribution in [1.82, 2.24) is 20.0 Å². The molecule has 0 amide bonds. The third-order valence-electron chi connectivity index (χ3n) is 4.56. The van der Waals surface area contributed by atoms with E-state index in [1.807, 2.05) is 25.1 Å². The monoisotopic (exact) mass is 373 g/mol. The number of H-pyrrole nitrogens is 1. The molecule has 0 saturated heterocycles. The number of nitrogens with zero attached hydrogens (tertiary/aromatic N) is 3. The number of aromatic nitrogens is 4. The number of hydrogen-bond donors (Lipinski definition) is 2. The molecule has 0 spiro atoms. The summed E-state index contributed by atoms with van der Waals surface area (Å²) < 4.78 is 5.52. The molecule has 2 aromatic heterocycles. The second kappa shape index (κ2) is 8.10. The molecule has 0 aliphatic heterocycles. The Bertz CT molecular complexity index is 1040. The zero-order chi connectivity index (χ0) is 19.3. The summed E-state index contributed by atoms with van der Waals surface area (Å²) in [4.78, 5) is 5.04. The van der Waals surface area contributed by atoms with Gasteiger partial charge in [-0.3, -0.25) is 0 Å². The maximum atomic E-state index is 5.52. The Hall–Kier alpha value is -3.38. The van der Waals surface area contributed by atoms with Crippen molar-refractivity contribution in [2.75, 3.05) is 11.9 Å². The summed E-state index contributed by atoms with van der Waals surface area (Å²) in [7, 11) is 0. The fourth-order valence-corrected chi connectivity index (χ4v) is 3.02. The van der Waals surface area contributed by atoms with Crippen LogP contribution in [0, 0.1) is 6.92 Å². The van der Waals surface area contributed by atoms with Crippen molar-refractivity contribution in [1.29, 1.82) is 0 Å². The molecule has 6 heteroatoms. The lowest BCUT2D eigenvalue weighted by atomic mass is 10.1. The van der Waals surface area contributed by atoms with E-state index < -0.39 is 0 Å². The Kier molecular flexibility index (Phi) is 5.21. The van der Waals surface area contributed by atoms with Crippen LogP contribution >= 0.6 is 0 Å². The van der Waals surface area contributed by atoms with Crippen LogP contribution in [0.1, 0.15) is 18.1 Å². The summed E-state index contributed by atoms with van der Waals surface area (Å²) >= 11 is 0. The van der Waals surface area contributed by atoms with Gasteiger partial charge in [-0.15, -0.1) is 0 Å². The number of hydrogen-bond acceptors (Lipinski definition) is 4. The van der Waals surface area contributed by atoms with Gasteiger partial charge in [-0.05, 0) is 60.9 Å². The van der Waals surface area contributed by atoms with Gasteiger partial charge < -0.3 is 15.0 Å². The van der Waals surface area contributed by atoms with Gasteiger partial charge in [0.2, 0.25) is 0 Å². The minimum atomic E-state index is 0.624. The first-order chi connectivity index (χ1) is 13.7. The first-order valence-corrected chi connectivity index (χ1v) is 9.33. The molecule has 0 bridgehead atoms. The Morgan fingerprint density at radius 2 is 1.79 bits per heavy atom. The first-order valence-electron chi connectivity index (χ1n) is 9.33. The van der Waals surface area contributed by atoms with E-state index in [-0.39, 0.29) is 0 Å². The van der Waals surface area contributed by atoms with E-state index in [1.165, 1.54) is 5.56 Å². The zero-order valence-corrected chi connectivity index (χ0v) is 16.0. The van der Waals surface area contributed by atoms with Crippen molar-refractivity contribution in [2.45, 2.75) is 20.5 Å². The molecular formula is C22H23N5O. The maximum absolute atomic E-state index is 5.52. The molecule has 2 aromatic carbocycles. The Balaban J connectivity index is 1.50. The third kappa shape index (κ3) is 3.97. The van der Waals surface area contributed by atoms with Gasteiger partial charge in [0.1, 0.15) is 5.82 Å². The Morgan fingerprint density at radius 1 is 1.00 bits per heavy atom. The standard InChI is InChI=1S/C22H23N5O/c1-3-28-15-17-5-4-16(2)21(14-17)26-22-11-10-20(25-22)18-6-8-19(9-7-18)27-23-12-13-24-27/h4-14,25-26H,3,15H2,1-2H3. The summed E-state index contributed by atoms with van der Waals surface area (Å²) in [5.41, 5.74) is 6.50. The van der Waals surface area contributed by atoms with Gasteiger partial charge in [-0.1, -0.05) is 24.3 Å². The smallest absolute Gasteiger partial charge is 0.108 e. The number of rotatable bonds is 7. The Morgan fingerprint density at radius 3 is 2.54 bits per heavy atom. The number of benzene rings is 2. The van der Waals surface area contributed by atoms with Crippen LogP contribution in [0.5, 0.6) is 0 Å². The van der Waals surface area contributed by atoms with Crippen LogP contribution in [0.25, 0.3) is 16.9 Å². The van der Waals surface area contributed by atoms with Crippen LogP contribution in [-0.2, 0) is 11.3 Å². The average Bonchev–Trinajstić information content (AvgIpc) is 3.41. The van der Waals surface area contributed by atoms with Crippen LogP contribution < -0.4 is 5.32 Å². The summed E-state index contributed by atoms with van der Waals surface area (Å²) in [6, 6.07) is 18.6. The molecule has 4 rings (SSSR count). The van der Waals surface area contributed by atoms with E-state index in [4.69, 9.17) is 4.74 Å².